The number of thiophene rings is 1. The van der Waals surface area contributed by atoms with E-state index in [1.54, 1.807) is 35.5 Å². The highest BCUT2D eigenvalue weighted by Crippen LogP contribution is 2.34. The van der Waals surface area contributed by atoms with Gasteiger partial charge in [-0.05, 0) is 67.2 Å². The molecule has 2 aromatic rings. The number of amides is 2. The SMILES string of the molecule is CCCOc1ccc([C@H](C(=O)NC2CCC(C)CC2)N(Cc2cccs2)C(=O)CCl)cc1OC. The highest BCUT2D eigenvalue weighted by molar-refractivity contribution is 7.09. The molecule has 1 aromatic heterocycles. The van der Waals surface area contributed by atoms with E-state index in [9.17, 15) is 9.59 Å². The van der Waals surface area contributed by atoms with Gasteiger partial charge in [-0.2, -0.15) is 0 Å². The first-order valence-corrected chi connectivity index (χ1v) is 13.4. The van der Waals surface area contributed by atoms with E-state index in [0.717, 1.165) is 37.0 Å². The van der Waals surface area contributed by atoms with Crippen LogP contribution in [0.3, 0.4) is 0 Å². The number of benzene rings is 1. The molecule has 0 spiro atoms. The van der Waals surface area contributed by atoms with Crippen molar-refractivity contribution in [2.75, 3.05) is 19.6 Å². The van der Waals surface area contributed by atoms with E-state index >= 15 is 0 Å². The van der Waals surface area contributed by atoms with Gasteiger partial charge in [0.2, 0.25) is 11.8 Å². The first-order valence-electron chi connectivity index (χ1n) is 12.0. The Bertz CT molecular complexity index is 929. The lowest BCUT2D eigenvalue weighted by atomic mass is 9.87. The molecule has 1 saturated carbocycles. The Kier molecular flexibility index (Phi) is 10.1. The molecule has 2 amide bonds. The fraction of sp³-hybridized carbons (Fsp3) is 0.538. The average molecular weight is 507 g/mol. The van der Waals surface area contributed by atoms with E-state index < -0.39 is 6.04 Å². The van der Waals surface area contributed by atoms with Gasteiger partial charge in [-0.15, -0.1) is 22.9 Å². The molecule has 0 unspecified atom stereocenters. The number of carbonyl (C=O) groups excluding carboxylic acids is 2. The van der Waals surface area contributed by atoms with E-state index in [2.05, 4.69) is 12.2 Å². The molecule has 1 N–H and O–H groups in total. The highest BCUT2D eigenvalue weighted by Gasteiger charge is 2.34. The molecule has 0 saturated heterocycles. The van der Waals surface area contributed by atoms with Crippen LogP contribution in [0.2, 0.25) is 0 Å². The van der Waals surface area contributed by atoms with Crippen LogP contribution >= 0.6 is 22.9 Å². The normalized spacial score (nSPS) is 18.7. The van der Waals surface area contributed by atoms with Gasteiger partial charge in [0, 0.05) is 10.9 Å². The third kappa shape index (κ3) is 6.89. The summed E-state index contributed by atoms with van der Waals surface area (Å²) >= 11 is 7.55. The van der Waals surface area contributed by atoms with Gasteiger partial charge in [-0.25, -0.2) is 0 Å². The van der Waals surface area contributed by atoms with E-state index in [4.69, 9.17) is 21.1 Å². The fourth-order valence-electron chi connectivity index (χ4n) is 4.31. The van der Waals surface area contributed by atoms with Crippen LogP contribution in [0.5, 0.6) is 11.5 Å². The number of hydrogen-bond acceptors (Lipinski definition) is 5. The Labute approximate surface area is 211 Å². The van der Waals surface area contributed by atoms with E-state index in [-0.39, 0.29) is 23.7 Å². The van der Waals surface area contributed by atoms with Crippen molar-refractivity contribution >= 4 is 34.8 Å². The first-order chi connectivity index (χ1) is 16.5. The number of hydrogen-bond donors (Lipinski definition) is 1. The van der Waals surface area contributed by atoms with Gasteiger partial charge in [0.05, 0.1) is 20.3 Å². The van der Waals surface area contributed by atoms with Crippen molar-refractivity contribution in [1.82, 2.24) is 10.2 Å². The number of nitrogens with one attached hydrogen (secondary N) is 1. The Morgan fingerprint density at radius 3 is 2.59 bits per heavy atom. The first kappa shape index (κ1) is 26.4. The maximum absolute atomic E-state index is 13.7. The Balaban J connectivity index is 1.96. The van der Waals surface area contributed by atoms with Crippen LogP contribution in [0.1, 0.15) is 62.4 Å². The Morgan fingerprint density at radius 2 is 1.97 bits per heavy atom. The van der Waals surface area contributed by atoms with Crippen molar-refractivity contribution in [3.05, 3.63) is 46.2 Å². The summed E-state index contributed by atoms with van der Waals surface area (Å²) in [6, 6.07) is 8.60. The van der Waals surface area contributed by atoms with Crippen molar-refractivity contribution in [2.24, 2.45) is 5.92 Å². The number of halogens is 1. The quantitative estimate of drug-likeness (QED) is 0.406. The minimum Gasteiger partial charge on any atom is -0.493 e. The second-order valence-corrected chi connectivity index (χ2v) is 10.2. The molecule has 1 fully saturated rings. The number of ether oxygens (including phenoxy) is 2. The largest absolute Gasteiger partial charge is 0.493 e. The molecule has 1 atom stereocenters. The van der Waals surface area contributed by atoms with Gasteiger partial charge >= 0.3 is 0 Å². The van der Waals surface area contributed by atoms with Crippen LogP contribution in [0.25, 0.3) is 0 Å². The van der Waals surface area contributed by atoms with Gasteiger partial charge in [0.15, 0.2) is 11.5 Å². The van der Waals surface area contributed by atoms with E-state index in [1.165, 1.54) is 0 Å². The fourth-order valence-corrected chi connectivity index (χ4v) is 5.17. The monoisotopic (exact) mass is 506 g/mol. The summed E-state index contributed by atoms with van der Waals surface area (Å²) in [4.78, 5) is 29.3. The van der Waals surface area contributed by atoms with E-state index in [1.807, 2.05) is 30.5 Å². The third-order valence-corrected chi connectivity index (χ3v) is 7.32. The zero-order valence-electron chi connectivity index (χ0n) is 20.2. The summed E-state index contributed by atoms with van der Waals surface area (Å²) in [5.41, 5.74) is 0.664. The molecule has 1 aromatic carbocycles. The van der Waals surface area contributed by atoms with Crippen LogP contribution in [0, 0.1) is 5.92 Å². The number of carbonyl (C=O) groups is 2. The molecule has 0 bridgehead atoms. The van der Waals surface area contributed by atoms with Gasteiger partial charge < -0.3 is 19.7 Å². The lowest BCUT2D eigenvalue weighted by Crippen LogP contribution is -2.47. The summed E-state index contributed by atoms with van der Waals surface area (Å²) in [5, 5.41) is 5.18. The maximum Gasteiger partial charge on any atom is 0.247 e. The van der Waals surface area contributed by atoms with Crippen molar-refractivity contribution in [3.8, 4) is 11.5 Å². The number of nitrogens with zero attached hydrogens (tertiary/aromatic N) is 1. The number of rotatable bonds is 11. The third-order valence-electron chi connectivity index (χ3n) is 6.23. The van der Waals surface area contributed by atoms with Gasteiger partial charge in [0.25, 0.3) is 0 Å². The molecule has 34 heavy (non-hydrogen) atoms. The summed E-state index contributed by atoms with van der Waals surface area (Å²) < 4.78 is 11.4. The van der Waals surface area contributed by atoms with Crippen LogP contribution in [0.15, 0.2) is 35.7 Å². The smallest absolute Gasteiger partial charge is 0.247 e. The Morgan fingerprint density at radius 1 is 1.21 bits per heavy atom. The molecule has 1 aliphatic carbocycles. The standard InChI is InChI=1S/C26H35ClN2O4S/c1-4-13-33-22-12-9-19(15-23(22)32-3)25(26(31)28-20-10-7-18(2)8-11-20)29(24(30)16-27)17-21-6-5-14-34-21/h5-6,9,12,14-15,18,20,25H,4,7-8,10-11,13,16-17H2,1-3H3,(H,28,31)/t18?,20?,25-/m1/s1. The van der Waals surface area contributed by atoms with Crippen LogP contribution in [-0.2, 0) is 16.1 Å². The van der Waals surface area contributed by atoms with Gasteiger partial charge in [0.1, 0.15) is 11.9 Å². The summed E-state index contributed by atoms with van der Waals surface area (Å²) in [6.45, 7) is 5.15. The minimum atomic E-state index is -0.832. The molecule has 6 nitrogen and oxygen atoms in total. The predicted molar refractivity (Wildman–Crippen MR) is 137 cm³/mol. The summed E-state index contributed by atoms with van der Waals surface area (Å²) in [5.74, 6) is 1.13. The van der Waals surface area contributed by atoms with Crippen LogP contribution in [-0.4, -0.2) is 42.4 Å². The zero-order valence-corrected chi connectivity index (χ0v) is 21.8. The van der Waals surface area contributed by atoms with Crippen molar-refractivity contribution in [3.63, 3.8) is 0 Å². The highest BCUT2D eigenvalue weighted by atomic mass is 35.5. The average Bonchev–Trinajstić information content (AvgIpc) is 3.36. The van der Waals surface area contributed by atoms with Crippen molar-refractivity contribution in [2.45, 2.75) is 64.6 Å². The Hall–Kier alpha value is -2.25. The van der Waals surface area contributed by atoms with E-state index in [0.29, 0.717) is 36.1 Å². The molecular formula is C26H35ClN2O4S. The van der Waals surface area contributed by atoms with Crippen molar-refractivity contribution in [1.29, 1.82) is 0 Å². The van der Waals surface area contributed by atoms with Gasteiger partial charge in [-0.3, -0.25) is 9.59 Å². The molecule has 8 heteroatoms. The molecule has 3 rings (SSSR count). The molecular weight excluding hydrogens is 472 g/mol. The lowest BCUT2D eigenvalue weighted by Gasteiger charge is -2.34. The lowest BCUT2D eigenvalue weighted by molar-refractivity contribution is -0.140. The van der Waals surface area contributed by atoms with Gasteiger partial charge in [-0.1, -0.05) is 26.0 Å². The number of alkyl halides is 1. The topological polar surface area (TPSA) is 67.9 Å². The minimum absolute atomic E-state index is 0.106. The van der Waals surface area contributed by atoms with Crippen molar-refractivity contribution < 1.29 is 19.1 Å². The maximum atomic E-state index is 13.7. The molecule has 0 aliphatic heterocycles. The predicted octanol–water partition coefficient (Wildman–Crippen LogP) is 5.55. The van der Waals surface area contributed by atoms with Crippen LogP contribution in [0.4, 0.5) is 0 Å². The second-order valence-electron chi connectivity index (χ2n) is 8.86. The zero-order chi connectivity index (χ0) is 24.5. The summed E-state index contributed by atoms with van der Waals surface area (Å²) in [7, 11) is 1.57. The van der Waals surface area contributed by atoms with Crippen LogP contribution < -0.4 is 14.8 Å². The molecule has 1 aliphatic rings. The molecule has 186 valence electrons. The molecule has 1 heterocycles. The second kappa shape index (κ2) is 13.0. The molecule has 0 radical (unpaired) electrons. The number of methoxy groups -OCH3 is 1. The summed E-state index contributed by atoms with van der Waals surface area (Å²) in [6.07, 6.45) is 4.94.